The zero-order valence-electron chi connectivity index (χ0n) is 10.6. The molecule has 0 amide bonds. The Balaban J connectivity index is 4.48. The normalized spacial score (nSPS) is 15.9. The molecule has 3 nitrogen and oxygen atoms in total. The number of carbonyl (C=O) groups is 1. The van der Waals surface area contributed by atoms with Crippen molar-refractivity contribution in [1.29, 1.82) is 0 Å². The number of hydrogen-bond donors (Lipinski definition) is 1. The highest BCUT2D eigenvalue weighted by atomic mass is 16.5. The van der Waals surface area contributed by atoms with E-state index in [0.717, 1.165) is 12.8 Å². The highest BCUT2D eigenvalue weighted by Gasteiger charge is 2.36. The molecule has 0 radical (unpaired) electrons. The summed E-state index contributed by atoms with van der Waals surface area (Å²) in [5.41, 5.74) is -0.337. The minimum atomic E-state index is -0.437. The summed E-state index contributed by atoms with van der Waals surface area (Å²) in [4.78, 5) is 11.8. The average molecular weight is 216 g/mol. The molecule has 0 saturated carbocycles. The number of carbonyl (C=O) groups excluding carboxylic acids is 1. The molecule has 0 aromatic rings. The van der Waals surface area contributed by atoms with Crippen molar-refractivity contribution in [2.45, 2.75) is 47.5 Å². The molecule has 0 aliphatic heterocycles. The molecule has 15 heavy (non-hydrogen) atoms. The molecular weight excluding hydrogens is 192 g/mol. The monoisotopic (exact) mass is 216 g/mol. The van der Waals surface area contributed by atoms with Crippen LogP contribution in [0.25, 0.3) is 0 Å². The first-order chi connectivity index (χ1) is 6.75. The Kier molecular flexibility index (Phi) is 5.29. The van der Waals surface area contributed by atoms with Gasteiger partial charge in [-0.3, -0.25) is 4.79 Å². The van der Waals surface area contributed by atoms with Crippen molar-refractivity contribution in [2.75, 3.05) is 13.2 Å². The zero-order valence-corrected chi connectivity index (χ0v) is 10.6. The van der Waals surface area contributed by atoms with Crippen LogP contribution in [-0.4, -0.2) is 24.3 Å². The Morgan fingerprint density at radius 3 is 2.13 bits per heavy atom. The van der Waals surface area contributed by atoms with Crippen molar-refractivity contribution < 1.29 is 14.6 Å². The SMILES string of the molecule is CCC(C)(CC(C)(C)C)C(=O)OCCO. The molecule has 1 unspecified atom stereocenters. The second-order valence-corrected chi connectivity index (χ2v) is 5.51. The summed E-state index contributed by atoms with van der Waals surface area (Å²) >= 11 is 0. The Bertz CT molecular complexity index is 205. The first kappa shape index (κ1) is 14.4. The van der Waals surface area contributed by atoms with Gasteiger partial charge in [-0.05, 0) is 25.2 Å². The number of ether oxygens (including phenoxy) is 1. The highest BCUT2D eigenvalue weighted by Crippen LogP contribution is 2.37. The molecular formula is C12H24O3. The lowest BCUT2D eigenvalue weighted by Gasteiger charge is -2.32. The maximum Gasteiger partial charge on any atom is 0.311 e. The standard InChI is InChI=1S/C12H24O3/c1-6-12(5,9-11(2,3)4)10(14)15-8-7-13/h13H,6-9H2,1-5H3. The molecule has 0 aliphatic carbocycles. The van der Waals surface area contributed by atoms with Gasteiger partial charge in [0.15, 0.2) is 0 Å². The smallest absolute Gasteiger partial charge is 0.311 e. The molecule has 0 saturated heterocycles. The van der Waals surface area contributed by atoms with Gasteiger partial charge in [0, 0.05) is 0 Å². The lowest BCUT2D eigenvalue weighted by molar-refractivity contribution is -0.158. The number of esters is 1. The topological polar surface area (TPSA) is 46.5 Å². The van der Waals surface area contributed by atoms with E-state index in [9.17, 15) is 4.79 Å². The molecule has 0 spiro atoms. The summed E-state index contributed by atoms with van der Waals surface area (Å²) in [5, 5.41) is 8.61. The first-order valence-corrected chi connectivity index (χ1v) is 5.53. The van der Waals surface area contributed by atoms with Gasteiger partial charge < -0.3 is 9.84 Å². The van der Waals surface area contributed by atoms with Crippen molar-refractivity contribution in [3.05, 3.63) is 0 Å². The third-order valence-electron chi connectivity index (χ3n) is 2.52. The van der Waals surface area contributed by atoms with E-state index in [1.54, 1.807) is 0 Å². The number of hydrogen-bond acceptors (Lipinski definition) is 3. The van der Waals surface area contributed by atoms with Gasteiger partial charge in [0.05, 0.1) is 12.0 Å². The van der Waals surface area contributed by atoms with Crippen LogP contribution in [0.2, 0.25) is 0 Å². The molecule has 1 atom stereocenters. The molecule has 0 bridgehead atoms. The highest BCUT2D eigenvalue weighted by molar-refractivity contribution is 5.76. The predicted molar refractivity (Wildman–Crippen MR) is 60.5 cm³/mol. The van der Waals surface area contributed by atoms with E-state index in [4.69, 9.17) is 9.84 Å². The first-order valence-electron chi connectivity index (χ1n) is 5.53. The zero-order chi connectivity index (χ0) is 12.1. The van der Waals surface area contributed by atoms with Crippen LogP contribution in [0.4, 0.5) is 0 Å². The summed E-state index contributed by atoms with van der Waals surface area (Å²) in [6.45, 7) is 10.2. The molecule has 0 aromatic heterocycles. The van der Waals surface area contributed by atoms with Crippen LogP contribution < -0.4 is 0 Å². The van der Waals surface area contributed by atoms with E-state index < -0.39 is 5.41 Å². The van der Waals surface area contributed by atoms with Crippen molar-refractivity contribution in [3.8, 4) is 0 Å². The predicted octanol–water partition coefficient (Wildman–Crippen LogP) is 2.37. The summed E-state index contributed by atoms with van der Waals surface area (Å²) in [7, 11) is 0. The molecule has 90 valence electrons. The van der Waals surface area contributed by atoms with E-state index in [1.807, 2.05) is 13.8 Å². The van der Waals surface area contributed by atoms with Crippen molar-refractivity contribution in [2.24, 2.45) is 10.8 Å². The maximum absolute atomic E-state index is 11.8. The van der Waals surface area contributed by atoms with Crippen LogP contribution in [0.1, 0.15) is 47.5 Å². The van der Waals surface area contributed by atoms with E-state index in [2.05, 4.69) is 20.8 Å². The van der Waals surface area contributed by atoms with Crippen LogP contribution >= 0.6 is 0 Å². The third kappa shape index (κ3) is 5.17. The molecule has 0 heterocycles. The van der Waals surface area contributed by atoms with Gasteiger partial charge in [0.2, 0.25) is 0 Å². The summed E-state index contributed by atoms with van der Waals surface area (Å²) in [5.74, 6) is -0.200. The van der Waals surface area contributed by atoms with Gasteiger partial charge in [-0.2, -0.15) is 0 Å². The van der Waals surface area contributed by atoms with Gasteiger partial charge >= 0.3 is 5.97 Å². The van der Waals surface area contributed by atoms with Crippen molar-refractivity contribution >= 4 is 5.97 Å². The minimum absolute atomic E-state index is 0.0958. The maximum atomic E-state index is 11.8. The lowest BCUT2D eigenvalue weighted by atomic mass is 9.73. The lowest BCUT2D eigenvalue weighted by Crippen LogP contribution is -2.34. The Morgan fingerprint density at radius 1 is 1.27 bits per heavy atom. The van der Waals surface area contributed by atoms with Gasteiger partial charge in [-0.15, -0.1) is 0 Å². The van der Waals surface area contributed by atoms with Crippen LogP contribution in [0, 0.1) is 10.8 Å². The molecule has 0 aromatic carbocycles. The van der Waals surface area contributed by atoms with Crippen LogP contribution in [0.5, 0.6) is 0 Å². The van der Waals surface area contributed by atoms with E-state index in [1.165, 1.54) is 0 Å². The molecule has 3 heteroatoms. The molecule has 0 aliphatic rings. The second kappa shape index (κ2) is 5.50. The number of rotatable bonds is 5. The summed E-state index contributed by atoms with van der Waals surface area (Å²) < 4.78 is 5.00. The molecule has 0 fully saturated rings. The van der Waals surface area contributed by atoms with Crippen LogP contribution in [0.3, 0.4) is 0 Å². The number of aliphatic hydroxyl groups is 1. The van der Waals surface area contributed by atoms with Gasteiger partial charge in [0.1, 0.15) is 6.61 Å². The summed E-state index contributed by atoms with van der Waals surface area (Å²) in [6.07, 6.45) is 1.55. The fraction of sp³-hybridized carbons (Fsp3) is 0.917. The van der Waals surface area contributed by atoms with Crippen molar-refractivity contribution in [3.63, 3.8) is 0 Å². The third-order valence-corrected chi connectivity index (χ3v) is 2.52. The molecule has 1 N–H and O–H groups in total. The van der Waals surface area contributed by atoms with Gasteiger partial charge in [0.25, 0.3) is 0 Å². The van der Waals surface area contributed by atoms with Crippen LogP contribution in [-0.2, 0) is 9.53 Å². The quantitative estimate of drug-likeness (QED) is 0.718. The van der Waals surface area contributed by atoms with Crippen molar-refractivity contribution in [1.82, 2.24) is 0 Å². The largest absolute Gasteiger partial charge is 0.463 e. The van der Waals surface area contributed by atoms with E-state index in [-0.39, 0.29) is 24.6 Å². The Hall–Kier alpha value is -0.570. The Morgan fingerprint density at radius 2 is 1.80 bits per heavy atom. The van der Waals surface area contributed by atoms with E-state index >= 15 is 0 Å². The fourth-order valence-corrected chi connectivity index (χ4v) is 1.82. The second-order valence-electron chi connectivity index (χ2n) is 5.51. The Labute approximate surface area is 92.8 Å². The van der Waals surface area contributed by atoms with E-state index in [0.29, 0.717) is 0 Å². The average Bonchev–Trinajstić information content (AvgIpc) is 2.11. The van der Waals surface area contributed by atoms with Gasteiger partial charge in [-0.1, -0.05) is 27.7 Å². The number of aliphatic hydroxyl groups excluding tert-OH is 1. The molecule has 0 rings (SSSR count). The minimum Gasteiger partial charge on any atom is -0.463 e. The fourth-order valence-electron chi connectivity index (χ4n) is 1.82. The van der Waals surface area contributed by atoms with Gasteiger partial charge in [-0.25, -0.2) is 0 Å². The van der Waals surface area contributed by atoms with Crippen LogP contribution in [0.15, 0.2) is 0 Å². The summed E-state index contributed by atoms with van der Waals surface area (Å²) in [6, 6.07) is 0.